The summed E-state index contributed by atoms with van der Waals surface area (Å²) in [5.74, 6) is -0.816. The molecule has 98 valence electrons. The molecule has 18 heavy (non-hydrogen) atoms. The Morgan fingerprint density at radius 2 is 2.06 bits per heavy atom. The molecule has 0 unspecified atom stereocenters. The number of hydrogen-bond donors (Lipinski definition) is 1. The minimum absolute atomic E-state index is 0.371. The maximum atomic E-state index is 13.7. The van der Waals surface area contributed by atoms with Crippen LogP contribution in [-0.2, 0) is 5.41 Å². The van der Waals surface area contributed by atoms with E-state index in [0.29, 0.717) is 25.1 Å². The Morgan fingerprint density at radius 1 is 1.33 bits per heavy atom. The Balaban J connectivity index is 2.62. The zero-order valence-electron chi connectivity index (χ0n) is 10.8. The van der Waals surface area contributed by atoms with Gasteiger partial charge in [0.2, 0.25) is 0 Å². The fraction of sp³-hybridized carbons (Fsp3) is 0.500. The van der Waals surface area contributed by atoms with Crippen LogP contribution < -0.4 is 5.32 Å². The second kappa shape index (κ2) is 6.46. The van der Waals surface area contributed by atoms with Crippen molar-refractivity contribution in [1.29, 1.82) is 5.26 Å². The zero-order chi connectivity index (χ0) is 13.6. The van der Waals surface area contributed by atoms with Crippen molar-refractivity contribution in [2.45, 2.75) is 32.1 Å². The lowest BCUT2D eigenvalue weighted by atomic mass is 9.84. The maximum absolute atomic E-state index is 13.7. The molecule has 0 aromatic heterocycles. The Kier molecular flexibility index (Phi) is 5.24. The molecule has 2 nitrogen and oxygen atoms in total. The average molecular weight is 252 g/mol. The zero-order valence-corrected chi connectivity index (χ0v) is 10.8. The quantitative estimate of drug-likeness (QED) is 0.789. The third-order valence-corrected chi connectivity index (χ3v) is 2.87. The average Bonchev–Trinajstić information content (AvgIpc) is 2.32. The molecule has 0 radical (unpaired) electrons. The van der Waals surface area contributed by atoms with Crippen molar-refractivity contribution in [3.05, 3.63) is 35.4 Å². The number of halogens is 2. The van der Waals surface area contributed by atoms with Crippen molar-refractivity contribution >= 4 is 0 Å². The van der Waals surface area contributed by atoms with E-state index in [-0.39, 0.29) is 5.82 Å². The third kappa shape index (κ3) is 4.08. The van der Waals surface area contributed by atoms with Crippen LogP contribution in [-0.4, -0.2) is 13.1 Å². The molecule has 4 heteroatoms. The summed E-state index contributed by atoms with van der Waals surface area (Å²) in [6.07, 6.45) is 1.26. The Morgan fingerprint density at radius 3 is 2.72 bits per heavy atom. The van der Waals surface area contributed by atoms with Crippen molar-refractivity contribution in [3.8, 4) is 6.07 Å². The van der Waals surface area contributed by atoms with Crippen molar-refractivity contribution in [2.24, 2.45) is 0 Å². The molecular formula is C14H18F2N2. The van der Waals surface area contributed by atoms with E-state index in [1.165, 1.54) is 6.07 Å². The molecule has 1 aromatic carbocycles. The molecule has 0 spiro atoms. The molecule has 1 rings (SSSR count). The van der Waals surface area contributed by atoms with Crippen molar-refractivity contribution in [3.63, 3.8) is 0 Å². The number of benzene rings is 1. The van der Waals surface area contributed by atoms with E-state index in [9.17, 15) is 8.78 Å². The minimum atomic E-state index is -0.487. The molecule has 0 saturated carbocycles. The lowest BCUT2D eigenvalue weighted by Gasteiger charge is -2.26. The molecule has 0 saturated heterocycles. The van der Waals surface area contributed by atoms with Gasteiger partial charge in [0.15, 0.2) is 0 Å². The number of nitrogens with one attached hydrogen (secondary N) is 1. The molecule has 0 aliphatic rings. The van der Waals surface area contributed by atoms with Gasteiger partial charge < -0.3 is 5.32 Å². The Labute approximate surface area is 107 Å². The first-order valence-electron chi connectivity index (χ1n) is 6.00. The van der Waals surface area contributed by atoms with Crippen molar-refractivity contribution in [2.75, 3.05) is 13.1 Å². The van der Waals surface area contributed by atoms with Crippen LogP contribution in [0.1, 0.15) is 32.3 Å². The van der Waals surface area contributed by atoms with Gasteiger partial charge in [-0.15, -0.1) is 0 Å². The highest BCUT2D eigenvalue weighted by molar-refractivity contribution is 5.26. The van der Waals surface area contributed by atoms with E-state index < -0.39 is 11.2 Å². The second-order valence-electron chi connectivity index (χ2n) is 4.95. The topological polar surface area (TPSA) is 35.8 Å². The molecular weight excluding hydrogens is 234 g/mol. The highest BCUT2D eigenvalue weighted by atomic mass is 19.1. The smallest absolute Gasteiger partial charge is 0.127 e. The van der Waals surface area contributed by atoms with Gasteiger partial charge in [-0.3, -0.25) is 0 Å². The predicted octanol–water partition coefficient (Wildman–Crippen LogP) is 3.14. The number of unbranched alkanes of at least 4 members (excludes halogenated alkanes) is 1. The Hall–Kier alpha value is -1.47. The van der Waals surface area contributed by atoms with Gasteiger partial charge in [0.25, 0.3) is 0 Å². The Bertz CT molecular complexity index is 436. The van der Waals surface area contributed by atoms with Crippen LogP contribution in [0.3, 0.4) is 0 Å². The number of hydrogen-bond acceptors (Lipinski definition) is 2. The summed E-state index contributed by atoms with van der Waals surface area (Å²) in [6.45, 7) is 4.97. The van der Waals surface area contributed by atoms with Crippen LogP contribution in [0.15, 0.2) is 18.2 Å². The van der Waals surface area contributed by atoms with Crippen LogP contribution in [0.4, 0.5) is 8.78 Å². The van der Waals surface area contributed by atoms with Gasteiger partial charge >= 0.3 is 0 Å². The predicted molar refractivity (Wildman–Crippen MR) is 67.1 cm³/mol. The summed E-state index contributed by atoms with van der Waals surface area (Å²) in [5, 5.41) is 11.6. The van der Waals surface area contributed by atoms with Crippen LogP contribution in [0.25, 0.3) is 0 Å². The second-order valence-corrected chi connectivity index (χ2v) is 4.95. The summed E-state index contributed by atoms with van der Waals surface area (Å²) in [6, 6.07) is 5.58. The highest BCUT2D eigenvalue weighted by Gasteiger charge is 2.24. The first kappa shape index (κ1) is 14.6. The highest BCUT2D eigenvalue weighted by Crippen LogP contribution is 2.25. The van der Waals surface area contributed by atoms with Crippen LogP contribution >= 0.6 is 0 Å². The van der Waals surface area contributed by atoms with Gasteiger partial charge in [0.1, 0.15) is 11.6 Å². The van der Waals surface area contributed by atoms with E-state index in [0.717, 1.165) is 18.6 Å². The summed E-state index contributed by atoms with van der Waals surface area (Å²) in [5.41, 5.74) is -0.117. The molecule has 0 fully saturated rings. The SMILES string of the molecule is CC(C)(CNCCCC#N)c1cc(F)ccc1F. The summed E-state index contributed by atoms with van der Waals surface area (Å²) in [7, 11) is 0. The molecule has 0 atom stereocenters. The van der Waals surface area contributed by atoms with Crippen molar-refractivity contribution in [1.82, 2.24) is 5.32 Å². The first-order valence-corrected chi connectivity index (χ1v) is 6.00. The number of nitrogens with zero attached hydrogens (tertiary/aromatic N) is 1. The van der Waals surface area contributed by atoms with Gasteiger partial charge in [-0.1, -0.05) is 13.8 Å². The van der Waals surface area contributed by atoms with Crippen LogP contribution in [0, 0.1) is 23.0 Å². The fourth-order valence-electron chi connectivity index (χ4n) is 1.80. The summed E-state index contributed by atoms with van der Waals surface area (Å²) in [4.78, 5) is 0. The van der Waals surface area contributed by atoms with Crippen LogP contribution in [0.5, 0.6) is 0 Å². The van der Waals surface area contributed by atoms with Gasteiger partial charge in [0.05, 0.1) is 6.07 Å². The van der Waals surface area contributed by atoms with E-state index in [2.05, 4.69) is 11.4 Å². The van der Waals surface area contributed by atoms with Gasteiger partial charge in [0, 0.05) is 18.4 Å². The molecule has 0 bridgehead atoms. The monoisotopic (exact) mass is 252 g/mol. The van der Waals surface area contributed by atoms with E-state index in [1.807, 2.05) is 13.8 Å². The fourth-order valence-corrected chi connectivity index (χ4v) is 1.80. The first-order chi connectivity index (χ1) is 8.47. The number of rotatable bonds is 6. The molecule has 1 aromatic rings. The van der Waals surface area contributed by atoms with Crippen molar-refractivity contribution < 1.29 is 8.78 Å². The third-order valence-electron chi connectivity index (χ3n) is 2.87. The van der Waals surface area contributed by atoms with Gasteiger partial charge in [-0.2, -0.15) is 5.26 Å². The molecule has 0 amide bonds. The summed E-state index contributed by atoms with van der Waals surface area (Å²) < 4.78 is 26.8. The molecule has 0 aliphatic heterocycles. The summed E-state index contributed by atoms with van der Waals surface area (Å²) >= 11 is 0. The van der Waals surface area contributed by atoms with E-state index in [4.69, 9.17) is 5.26 Å². The van der Waals surface area contributed by atoms with E-state index in [1.54, 1.807) is 0 Å². The molecule has 1 N–H and O–H groups in total. The molecule has 0 aliphatic carbocycles. The maximum Gasteiger partial charge on any atom is 0.127 e. The normalized spacial score (nSPS) is 11.3. The van der Waals surface area contributed by atoms with E-state index >= 15 is 0 Å². The largest absolute Gasteiger partial charge is 0.316 e. The lowest BCUT2D eigenvalue weighted by molar-refractivity contribution is 0.439. The standard InChI is InChI=1S/C14H18F2N2/c1-14(2,10-18-8-4-3-7-17)12-9-11(15)5-6-13(12)16/h5-6,9,18H,3-4,8,10H2,1-2H3. The van der Waals surface area contributed by atoms with Gasteiger partial charge in [-0.05, 0) is 36.7 Å². The lowest BCUT2D eigenvalue weighted by Crippen LogP contribution is -2.34. The van der Waals surface area contributed by atoms with Crippen LogP contribution in [0.2, 0.25) is 0 Å². The molecule has 0 heterocycles. The van der Waals surface area contributed by atoms with Gasteiger partial charge in [-0.25, -0.2) is 8.78 Å². The number of nitriles is 1. The minimum Gasteiger partial charge on any atom is -0.316 e.